The van der Waals surface area contributed by atoms with Crippen molar-refractivity contribution in [3.63, 3.8) is 0 Å². The Labute approximate surface area is 227 Å². The van der Waals surface area contributed by atoms with Crippen molar-refractivity contribution in [1.82, 2.24) is 4.90 Å². The topological polar surface area (TPSA) is 59.0 Å². The molecule has 0 bridgehead atoms. The number of hydrogen-bond acceptors (Lipinski definition) is 5. The molecular formula is C33H41NO4. The van der Waals surface area contributed by atoms with E-state index in [1.165, 1.54) is 11.1 Å². The number of aliphatic hydroxyl groups is 1. The van der Waals surface area contributed by atoms with Gasteiger partial charge in [-0.2, -0.15) is 0 Å². The van der Waals surface area contributed by atoms with E-state index in [9.17, 15) is 9.90 Å². The Hall–Kier alpha value is -2.89. The van der Waals surface area contributed by atoms with Gasteiger partial charge < -0.3 is 19.5 Å². The second-order valence-corrected chi connectivity index (χ2v) is 12.3. The molecule has 1 heterocycles. The Morgan fingerprint density at radius 3 is 2.76 bits per heavy atom. The first-order chi connectivity index (χ1) is 18.0. The summed E-state index contributed by atoms with van der Waals surface area (Å²) in [5.74, 6) is 1.41. The van der Waals surface area contributed by atoms with Crippen LogP contribution in [0.15, 0.2) is 77.6 Å². The van der Waals surface area contributed by atoms with Crippen LogP contribution >= 0.6 is 0 Å². The monoisotopic (exact) mass is 515 g/mol. The van der Waals surface area contributed by atoms with Crippen LogP contribution in [0.1, 0.15) is 64.9 Å². The van der Waals surface area contributed by atoms with Crippen LogP contribution in [-0.4, -0.2) is 48.3 Å². The van der Waals surface area contributed by atoms with Crippen molar-refractivity contribution < 1.29 is 19.4 Å². The minimum Gasteiger partial charge on any atom is -0.460 e. The lowest BCUT2D eigenvalue weighted by Gasteiger charge is -2.53. The molecule has 0 saturated heterocycles. The average Bonchev–Trinajstić information content (AvgIpc) is 2.94. The number of nitrogens with zero attached hydrogens (tertiary/aromatic N) is 1. The summed E-state index contributed by atoms with van der Waals surface area (Å²) in [7, 11) is 4.20. The fraction of sp³-hybridized carbons (Fsp3) is 0.485. The van der Waals surface area contributed by atoms with E-state index in [-0.39, 0.29) is 17.8 Å². The smallest absolute Gasteiger partial charge is 0.310 e. The Balaban J connectivity index is 1.72. The van der Waals surface area contributed by atoms with Gasteiger partial charge in [0.05, 0.1) is 17.9 Å². The lowest BCUT2D eigenvalue weighted by Crippen LogP contribution is -2.46. The molecule has 0 amide bonds. The predicted octanol–water partition coefficient (Wildman–Crippen LogP) is 6.37. The van der Waals surface area contributed by atoms with Crippen LogP contribution in [0.4, 0.5) is 0 Å². The third-order valence-corrected chi connectivity index (χ3v) is 8.22. The van der Waals surface area contributed by atoms with Crippen molar-refractivity contribution in [1.29, 1.82) is 0 Å². The molecule has 38 heavy (non-hydrogen) atoms. The van der Waals surface area contributed by atoms with Gasteiger partial charge in [-0.1, -0.05) is 48.6 Å². The van der Waals surface area contributed by atoms with Crippen molar-refractivity contribution in [2.45, 2.75) is 71.0 Å². The number of rotatable bonds is 6. The van der Waals surface area contributed by atoms with Crippen LogP contribution < -0.4 is 4.74 Å². The molecule has 5 heteroatoms. The van der Waals surface area contributed by atoms with Crippen LogP contribution in [0.3, 0.4) is 0 Å². The van der Waals surface area contributed by atoms with Gasteiger partial charge in [-0.15, -0.1) is 0 Å². The highest BCUT2D eigenvalue weighted by atomic mass is 16.6. The zero-order valence-electron chi connectivity index (χ0n) is 23.4. The van der Waals surface area contributed by atoms with Crippen molar-refractivity contribution in [3.8, 4) is 5.75 Å². The van der Waals surface area contributed by atoms with Crippen molar-refractivity contribution in [2.24, 2.45) is 10.8 Å². The highest BCUT2D eigenvalue weighted by Gasteiger charge is 2.58. The second-order valence-electron chi connectivity index (χ2n) is 12.3. The van der Waals surface area contributed by atoms with Gasteiger partial charge in [-0.3, -0.25) is 4.79 Å². The summed E-state index contributed by atoms with van der Waals surface area (Å²) in [6.07, 6.45) is 16.9. The fourth-order valence-corrected chi connectivity index (χ4v) is 6.74. The number of carbonyl (C=O) groups is 1. The van der Waals surface area contributed by atoms with E-state index >= 15 is 0 Å². The minimum absolute atomic E-state index is 0.192. The van der Waals surface area contributed by atoms with Crippen molar-refractivity contribution >= 4 is 11.5 Å². The van der Waals surface area contributed by atoms with Gasteiger partial charge in [0.25, 0.3) is 0 Å². The normalized spacial score (nSPS) is 27.8. The fourth-order valence-electron chi connectivity index (χ4n) is 6.74. The van der Waals surface area contributed by atoms with Crippen LogP contribution in [0.25, 0.3) is 5.57 Å². The molecule has 202 valence electrons. The summed E-state index contributed by atoms with van der Waals surface area (Å²) in [5.41, 5.74) is 3.40. The largest absolute Gasteiger partial charge is 0.460 e. The van der Waals surface area contributed by atoms with E-state index < -0.39 is 17.1 Å². The van der Waals surface area contributed by atoms with E-state index in [1.807, 2.05) is 45.1 Å². The molecule has 3 atom stereocenters. The maximum Gasteiger partial charge on any atom is 0.310 e. The summed E-state index contributed by atoms with van der Waals surface area (Å²) < 4.78 is 12.5. The molecule has 0 aromatic heterocycles. The van der Waals surface area contributed by atoms with Gasteiger partial charge in [0, 0.05) is 11.0 Å². The summed E-state index contributed by atoms with van der Waals surface area (Å²) >= 11 is 0. The molecule has 1 aromatic carbocycles. The van der Waals surface area contributed by atoms with E-state index in [1.54, 1.807) is 0 Å². The van der Waals surface area contributed by atoms with Crippen LogP contribution in [0.2, 0.25) is 0 Å². The molecular weight excluding hydrogens is 474 g/mol. The summed E-state index contributed by atoms with van der Waals surface area (Å²) in [6, 6.07) is 8.27. The number of aliphatic hydroxyl groups excluding tert-OH is 1. The molecule has 3 unspecified atom stereocenters. The molecule has 1 aliphatic heterocycles. The molecule has 0 saturated carbocycles. The van der Waals surface area contributed by atoms with E-state index in [2.05, 4.69) is 55.4 Å². The third-order valence-electron chi connectivity index (χ3n) is 8.22. The molecule has 2 spiro atoms. The Morgan fingerprint density at radius 2 is 2.00 bits per heavy atom. The highest BCUT2D eigenvalue weighted by molar-refractivity contribution is 5.86. The van der Waals surface area contributed by atoms with Gasteiger partial charge in [0.15, 0.2) is 0 Å². The van der Waals surface area contributed by atoms with E-state index in [4.69, 9.17) is 9.47 Å². The average molecular weight is 516 g/mol. The Morgan fingerprint density at radius 1 is 1.21 bits per heavy atom. The highest BCUT2D eigenvalue weighted by Crippen LogP contribution is 2.67. The second kappa shape index (κ2) is 10.0. The minimum atomic E-state index is -0.679. The zero-order chi connectivity index (χ0) is 27.1. The molecule has 1 aromatic rings. The number of esters is 1. The number of hydrogen-bond donors (Lipinski definition) is 1. The number of fused-ring (bicyclic) bond motifs is 2. The van der Waals surface area contributed by atoms with Gasteiger partial charge in [0.1, 0.15) is 17.1 Å². The lowest BCUT2D eigenvalue weighted by atomic mass is 9.49. The van der Waals surface area contributed by atoms with Gasteiger partial charge in [0.2, 0.25) is 0 Å². The number of allylic oxidation sites excluding steroid dienone is 5. The van der Waals surface area contributed by atoms with Gasteiger partial charge in [-0.05, 0) is 102 Å². The maximum absolute atomic E-state index is 13.1. The Bertz CT molecular complexity index is 1260. The summed E-state index contributed by atoms with van der Waals surface area (Å²) in [4.78, 5) is 15.3. The molecule has 0 fully saturated rings. The van der Waals surface area contributed by atoms with E-state index in [0.717, 1.165) is 61.3 Å². The molecule has 5 rings (SSSR count). The quantitative estimate of drug-likeness (QED) is 0.352. The number of ether oxygens (including phenoxy) is 2. The Kier molecular flexibility index (Phi) is 7.04. The van der Waals surface area contributed by atoms with Crippen molar-refractivity contribution in [3.05, 3.63) is 83.2 Å². The van der Waals surface area contributed by atoms with Crippen LogP contribution in [-0.2, 0) is 9.53 Å². The molecule has 5 nitrogen and oxygen atoms in total. The van der Waals surface area contributed by atoms with Gasteiger partial charge in [-0.25, -0.2) is 0 Å². The van der Waals surface area contributed by atoms with Crippen LogP contribution in [0.5, 0.6) is 5.75 Å². The first-order valence-corrected chi connectivity index (χ1v) is 13.9. The standard InChI is InChI=1S/C33H41NO4/c1-31(2,3)38-29(36)21-23-14-18-33-17-9-8-16-32(33)19-15-24(35)22-28(32)37-27-13-7-6-11-26(27)30(33)25(23)12-10-20-34(4)5/h6-8,11,13-16,19,22,24,35H,9-10,12,17-18,20-21H2,1-5H3. The van der Waals surface area contributed by atoms with Crippen LogP contribution in [0, 0.1) is 10.8 Å². The maximum atomic E-state index is 13.1. The number of para-hydroxylation sites is 1. The predicted molar refractivity (Wildman–Crippen MR) is 151 cm³/mol. The van der Waals surface area contributed by atoms with E-state index in [0.29, 0.717) is 0 Å². The molecule has 3 aliphatic carbocycles. The lowest BCUT2D eigenvalue weighted by molar-refractivity contribution is -0.153. The first kappa shape index (κ1) is 26.7. The number of carbonyl (C=O) groups excluding carboxylic acids is 1. The van der Waals surface area contributed by atoms with Gasteiger partial charge >= 0.3 is 5.97 Å². The SMILES string of the molecule is CN(C)CCCC1=C2c3ccccc3OC3=CC(O)C=CC34C=CCCC24CC=C1CC(=O)OC(C)(C)C. The van der Waals surface area contributed by atoms with Crippen molar-refractivity contribution in [2.75, 3.05) is 20.6 Å². The summed E-state index contributed by atoms with van der Waals surface area (Å²) in [5, 5.41) is 10.6. The molecule has 1 N–H and O–H groups in total. The summed E-state index contributed by atoms with van der Waals surface area (Å²) in [6.45, 7) is 6.71. The molecule has 0 radical (unpaired) electrons. The molecule has 4 aliphatic rings. The zero-order valence-corrected chi connectivity index (χ0v) is 23.4. The first-order valence-electron chi connectivity index (χ1n) is 13.9. The number of benzene rings is 1. The third kappa shape index (κ3) is 4.71.